The summed E-state index contributed by atoms with van der Waals surface area (Å²) in [5.41, 5.74) is 0. The van der Waals surface area contributed by atoms with Gasteiger partial charge < -0.3 is 19.7 Å². The quantitative estimate of drug-likeness (QED) is 0.252. The summed E-state index contributed by atoms with van der Waals surface area (Å²) in [6.07, 6.45) is -17.4. The molecule has 0 aliphatic rings. The summed E-state index contributed by atoms with van der Waals surface area (Å²) in [6, 6.07) is 0. The van der Waals surface area contributed by atoms with Crippen LogP contribution in [0.2, 0.25) is 0 Å². The molecule has 0 unspecified atom stereocenters. The highest BCUT2D eigenvalue weighted by atomic mass is 19.4. The van der Waals surface area contributed by atoms with E-state index in [2.05, 4.69) is 18.9 Å². The first-order valence-electron chi connectivity index (χ1n) is 6.73. The number of hydrogen-bond donors (Lipinski definition) is 2. The minimum atomic E-state index is -6.04. The summed E-state index contributed by atoms with van der Waals surface area (Å²) in [4.78, 5) is 1.44. The monoisotopic (exact) mass is 452 g/mol. The third-order valence-corrected chi connectivity index (χ3v) is 1.68. The predicted octanol–water partition coefficient (Wildman–Crippen LogP) is 2.47. The number of aliphatic hydroxyl groups is 2. The summed E-state index contributed by atoms with van der Waals surface area (Å²) < 4.78 is 128. The SMILES string of the molecule is FCOC(F)(F)OC(F)(F)C(F)(F)OF.OCCOCCF.OCCOCF. The van der Waals surface area contributed by atoms with E-state index in [1.807, 2.05) is 0 Å². The second-order valence-electron chi connectivity index (χ2n) is 3.70. The zero-order valence-electron chi connectivity index (χ0n) is 13.9. The molecule has 0 aromatic heterocycles. The summed E-state index contributed by atoms with van der Waals surface area (Å²) in [7, 11) is 0. The zero-order valence-corrected chi connectivity index (χ0v) is 13.9. The first-order chi connectivity index (χ1) is 12.9. The van der Waals surface area contributed by atoms with Gasteiger partial charge in [0.1, 0.15) is 6.67 Å². The van der Waals surface area contributed by atoms with E-state index >= 15 is 0 Å². The van der Waals surface area contributed by atoms with Gasteiger partial charge in [0.05, 0.1) is 33.0 Å². The largest absolute Gasteiger partial charge is 0.492 e. The number of alkyl halides is 9. The maximum atomic E-state index is 12.0. The third kappa shape index (κ3) is 18.4. The number of halogens is 10. The molecule has 174 valence electrons. The van der Waals surface area contributed by atoms with Gasteiger partial charge in [-0.05, 0) is 4.53 Å². The van der Waals surface area contributed by atoms with E-state index in [0.29, 0.717) is 0 Å². The van der Waals surface area contributed by atoms with E-state index in [4.69, 9.17) is 10.2 Å². The zero-order chi connectivity index (χ0) is 22.7. The summed E-state index contributed by atoms with van der Waals surface area (Å²) in [6.45, 7) is -3.27. The Labute approximate surface area is 151 Å². The van der Waals surface area contributed by atoms with Crippen LogP contribution in [0.15, 0.2) is 0 Å². The molecule has 0 aromatic carbocycles. The van der Waals surface area contributed by atoms with E-state index in [9.17, 15) is 44.0 Å². The summed E-state index contributed by atoms with van der Waals surface area (Å²) in [5, 5.41) is 16.0. The van der Waals surface area contributed by atoms with Crippen LogP contribution in [0.4, 0.5) is 44.0 Å². The van der Waals surface area contributed by atoms with Gasteiger partial charge in [0.2, 0.25) is 0 Å². The molecule has 0 aliphatic heterocycles. The van der Waals surface area contributed by atoms with Crippen molar-refractivity contribution < 1.29 is 78.1 Å². The van der Waals surface area contributed by atoms with Crippen LogP contribution in [-0.2, 0) is 23.9 Å². The first-order valence-corrected chi connectivity index (χ1v) is 6.73. The molecule has 0 radical (unpaired) electrons. The van der Waals surface area contributed by atoms with Crippen LogP contribution in [0.25, 0.3) is 0 Å². The van der Waals surface area contributed by atoms with E-state index in [-0.39, 0.29) is 33.0 Å². The average Bonchev–Trinajstić information content (AvgIpc) is 2.60. The highest BCUT2D eigenvalue weighted by molar-refractivity contribution is 4.65. The minimum absolute atomic E-state index is 0.0278. The van der Waals surface area contributed by atoms with Crippen molar-refractivity contribution in [1.82, 2.24) is 0 Å². The number of ether oxygens (including phenoxy) is 4. The van der Waals surface area contributed by atoms with E-state index < -0.39 is 38.9 Å². The molecular weight excluding hydrogens is 434 g/mol. The molecule has 0 saturated heterocycles. The van der Waals surface area contributed by atoms with Gasteiger partial charge in [-0.15, -0.1) is 13.7 Å². The van der Waals surface area contributed by atoms with E-state index in [1.165, 1.54) is 4.94 Å². The Kier molecular flexibility index (Phi) is 20.5. The lowest BCUT2D eigenvalue weighted by Crippen LogP contribution is -2.48. The van der Waals surface area contributed by atoms with Gasteiger partial charge in [-0.1, -0.05) is 0 Å². The Hall–Kier alpha value is -0.980. The van der Waals surface area contributed by atoms with Crippen LogP contribution >= 0.6 is 0 Å². The molecule has 0 spiro atoms. The van der Waals surface area contributed by atoms with Crippen molar-refractivity contribution >= 4 is 0 Å². The second kappa shape index (κ2) is 18.1. The minimum Gasteiger partial charge on any atom is -0.394 e. The Morgan fingerprint density at radius 3 is 1.50 bits per heavy atom. The number of aliphatic hydroxyl groups excluding tert-OH is 2. The molecular formula is C11H18F10O7. The normalized spacial score (nSPS) is 12.0. The molecule has 28 heavy (non-hydrogen) atoms. The lowest BCUT2D eigenvalue weighted by molar-refractivity contribution is -0.548. The molecule has 0 fully saturated rings. The molecule has 7 nitrogen and oxygen atoms in total. The summed E-state index contributed by atoms with van der Waals surface area (Å²) in [5.74, 6) is 0. The predicted molar refractivity (Wildman–Crippen MR) is 68.1 cm³/mol. The Balaban J connectivity index is -0.000000397. The molecule has 0 aromatic rings. The first kappa shape index (κ1) is 31.7. The van der Waals surface area contributed by atoms with Crippen LogP contribution < -0.4 is 0 Å². The average molecular weight is 452 g/mol. The Morgan fingerprint density at radius 1 is 0.679 bits per heavy atom. The van der Waals surface area contributed by atoms with Crippen molar-refractivity contribution in [3.8, 4) is 0 Å². The molecule has 0 aliphatic carbocycles. The topological polar surface area (TPSA) is 86.6 Å². The van der Waals surface area contributed by atoms with Crippen molar-refractivity contribution in [3.63, 3.8) is 0 Å². The molecule has 0 saturated carbocycles. The van der Waals surface area contributed by atoms with Crippen molar-refractivity contribution in [2.45, 2.75) is 18.5 Å². The molecule has 0 amide bonds. The highest BCUT2D eigenvalue weighted by Crippen LogP contribution is 2.40. The third-order valence-electron chi connectivity index (χ3n) is 1.68. The van der Waals surface area contributed by atoms with E-state index in [0.717, 1.165) is 0 Å². The Morgan fingerprint density at radius 2 is 1.18 bits per heavy atom. The fourth-order valence-electron chi connectivity index (χ4n) is 0.687. The lowest BCUT2D eigenvalue weighted by atomic mass is 10.6. The van der Waals surface area contributed by atoms with Crippen molar-refractivity contribution in [2.24, 2.45) is 0 Å². The van der Waals surface area contributed by atoms with Gasteiger partial charge >= 0.3 is 18.5 Å². The molecule has 0 rings (SSSR count). The lowest BCUT2D eigenvalue weighted by Gasteiger charge is -2.25. The van der Waals surface area contributed by atoms with Crippen molar-refractivity contribution in [2.75, 3.05) is 53.4 Å². The molecule has 2 N–H and O–H groups in total. The van der Waals surface area contributed by atoms with Gasteiger partial charge in [0.15, 0.2) is 13.7 Å². The van der Waals surface area contributed by atoms with Crippen molar-refractivity contribution in [3.05, 3.63) is 0 Å². The van der Waals surface area contributed by atoms with Crippen molar-refractivity contribution in [1.29, 1.82) is 0 Å². The fraction of sp³-hybridized carbons (Fsp3) is 1.00. The smallest absolute Gasteiger partial charge is 0.394 e. The van der Waals surface area contributed by atoms with Gasteiger partial charge in [0, 0.05) is 0 Å². The maximum absolute atomic E-state index is 12.0. The van der Waals surface area contributed by atoms with Gasteiger partial charge in [-0.3, -0.25) is 4.74 Å². The fourth-order valence-corrected chi connectivity index (χ4v) is 0.687. The van der Waals surface area contributed by atoms with Gasteiger partial charge in [-0.2, -0.15) is 17.6 Å². The van der Waals surface area contributed by atoms with Gasteiger partial charge in [0.25, 0.3) is 0 Å². The van der Waals surface area contributed by atoms with Crippen LogP contribution in [0.3, 0.4) is 0 Å². The molecule has 0 atom stereocenters. The van der Waals surface area contributed by atoms with E-state index in [1.54, 1.807) is 0 Å². The molecule has 0 heterocycles. The standard InChI is InChI=1S/C4H2F8O3.C4H9FO2.C3H7FO2/c5-1-13-4(10,11)14-2(6,7)3(8,9)15-12;5-1-3-7-4-2-6;4-3-6-2-1-5/h1H2;6H,1-4H2;5H,1-3H2. The Bertz CT molecular complexity index is 331. The molecule has 17 heteroatoms. The van der Waals surface area contributed by atoms with Crippen LogP contribution in [0.5, 0.6) is 0 Å². The number of hydrogen-bond acceptors (Lipinski definition) is 7. The second-order valence-corrected chi connectivity index (χ2v) is 3.70. The highest BCUT2D eigenvalue weighted by Gasteiger charge is 2.66. The molecule has 0 bridgehead atoms. The van der Waals surface area contributed by atoms with Crippen LogP contribution in [0, 0.1) is 0 Å². The number of rotatable bonds is 13. The maximum Gasteiger partial charge on any atom is 0.492 e. The summed E-state index contributed by atoms with van der Waals surface area (Å²) >= 11 is 0. The van der Waals surface area contributed by atoms with Gasteiger partial charge in [-0.25, -0.2) is 17.9 Å². The van der Waals surface area contributed by atoms with Crippen LogP contribution in [0.1, 0.15) is 0 Å². The van der Waals surface area contributed by atoms with Crippen LogP contribution in [-0.4, -0.2) is 82.2 Å².